The zero-order valence-electron chi connectivity index (χ0n) is 14.4. The maximum atomic E-state index is 12.4. The van der Waals surface area contributed by atoms with E-state index >= 15 is 0 Å². The van der Waals surface area contributed by atoms with Gasteiger partial charge in [0.05, 0.1) is 12.7 Å². The Labute approximate surface area is 164 Å². The van der Waals surface area contributed by atoms with E-state index in [1.54, 1.807) is 25.2 Å². The number of halogens is 3. The van der Waals surface area contributed by atoms with Crippen LogP contribution in [0.15, 0.2) is 29.3 Å². The Morgan fingerprint density at radius 2 is 2.16 bits per heavy atom. The number of aliphatic imine (C=N–C) groups is 1. The van der Waals surface area contributed by atoms with Crippen molar-refractivity contribution in [3.63, 3.8) is 0 Å². The van der Waals surface area contributed by atoms with Gasteiger partial charge in [-0.25, -0.2) is 0 Å². The molecule has 0 amide bonds. The fourth-order valence-corrected chi connectivity index (χ4v) is 2.46. The number of morpholine rings is 1. The fraction of sp³-hybridized carbons (Fsp3) is 0.562. The molecule has 1 aliphatic heterocycles. The standard InChI is InChI=1S/C16H24F2N4O2.HI/c1-19-16(21-10-13-11-22(2)7-8-23-13)20-9-12-5-3-4-6-14(12)24-15(17)18;/h3-6,13,15H,7-11H2,1-2H3,(H2,19,20,21);1H. The predicted octanol–water partition coefficient (Wildman–Crippen LogP) is 1.90. The van der Waals surface area contributed by atoms with Crippen LogP contribution < -0.4 is 15.4 Å². The van der Waals surface area contributed by atoms with Gasteiger partial charge >= 0.3 is 6.61 Å². The van der Waals surface area contributed by atoms with E-state index in [1.165, 1.54) is 6.07 Å². The van der Waals surface area contributed by atoms with Crippen LogP contribution in [0.4, 0.5) is 8.78 Å². The highest BCUT2D eigenvalue weighted by Crippen LogP contribution is 2.19. The zero-order chi connectivity index (χ0) is 17.4. The van der Waals surface area contributed by atoms with Crippen LogP contribution in [-0.4, -0.2) is 63.9 Å². The molecular formula is C16H25F2IN4O2. The average molecular weight is 470 g/mol. The smallest absolute Gasteiger partial charge is 0.387 e. The average Bonchev–Trinajstić information content (AvgIpc) is 2.56. The number of likely N-dealkylation sites (N-methyl/N-ethyl adjacent to an activating group) is 1. The van der Waals surface area contributed by atoms with Crippen LogP contribution in [0.5, 0.6) is 5.75 Å². The van der Waals surface area contributed by atoms with Gasteiger partial charge < -0.3 is 25.0 Å². The molecule has 25 heavy (non-hydrogen) atoms. The third-order valence-electron chi connectivity index (χ3n) is 3.70. The van der Waals surface area contributed by atoms with E-state index in [0.29, 0.717) is 31.2 Å². The molecule has 2 rings (SSSR count). The second-order valence-electron chi connectivity index (χ2n) is 5.55. The molecule has 0 saturated carbocycles. The van der Waals surface area contributed by atoms with Crippen molar-refractivity contribution in [1.82, 2.24) is 15.5 Å². The third-order valence-corrected chi connectivity index (χ3v) is 3.70. The lowest BCUT2D eigenvalue weighted by Crippen LogP contribution is -2.48. The molecule has 1 unspecified atom stereocenters. The molecule has 1 saturated heterocycles. The van der Waals surface area contributed by atoms with Gasteiger partial charge in [-0.05, 0) is 13.1 Å². The number of benzene rings is 1. The van der Waals surface area contributed by atoms with Gasteiger partial charge in [0.2, 0.25) is 0 Å². The second-order valence-corrected chi connectivity index (χ2v) is 5.55. The van der Waals surface area contributed by atoms with Gasteiger partial charge in [0.25, 0.3) is 0 Å². The van der Waals surface area contributed by atoms with Gasteiger partial charge in [0.1, 0.15) is 5.75 Å². The number of nitrogens with zero attached hydrogens (tertiary/aromatic N) is 2. The van der Waals surface area contributed by atoms with Crippen molar-refractivity contribution >= 4 is 29.9 Å². The minimum atomic E-state index is -2.84. The summed E-state index contributed by atoms with van der Waals surface area (Å²) in [5.41, 5.74) is 0.634. The SMILES string of the molecule is CN=C(NCc1ccccc1OC(F)F)NCC1CN(C)CCO1.I. The number of hydrogen-bond acceptors (Lipinski definition) is 4. The van der Waals surface area contributed by atoms with E-state index in [9.17, 15) is 8.78 Å². The molecule has 1 aromatic rings. The molecule has 1 aromatic carbocycles. The summed E-state index contributed by atoms with van der Waals surface area (Å²) in [5.74, 6) is 0.742. The number of hydrogen-bond donors (Lipinski definition) is 2. The molecule has 6 nitrogen and oxygen atoms in total. The molecule has 0 aliphatic carbocycles. The number of para-hydroxylation sites is 1. The molecule has 0 aromatic heterocycles. The number of ether oxygens (including phenoxy) is 2. The van der Waals surface area contributed by atoms with E-state index in [2.05, 4.69) is 32.3 Å². The van der Waals surface area contributed by atoms with Crippen LogP contribution in [0, 0.1) is 0 Å². The molecule has 2 N–H and O–H groups in total. The molecule has 0 bridgehead atoms. The van der Waals surface area contributed by atoms with E-state index in [1.807, 2.05) is 0 Å². The predicted molar refractivity (Wildman–Crippen MR) is 104 cm³/mol. The summed E-state index contributed by atoms with van der Waals surface area (Å²) in [6.07, 6.45) is 0.0942. The second kappa shape index (κ2) is 11.4. The fourth-order valence-electron chi connectivity index (χ4n) is 2.46. The van der Waals surface area contributed by atoms with Gasteiger partial charge in [-0.1, -0.05) is 18.2 Å². The van der Waals surface area contributed by atoms with Crippen molar-refractivity contribution in [3.05, 3.63) is 29.8 Å². The first kappa shape index (κ1) is 21.8. The molecule has 142 valence electrons. The van der Waals surface area contributed by atoms with Gasteiger partial charge in [-0.2, -0.15) is 8.78 Å². The minimum absolute atomic E-state index is 0. The van der Waals surface area contributed by atoms with Crippen LogP contribution in [-0.2, 0) is 11.3 Å². The summed E-state index contributed by atoms with van der Waals surface area (Å²) in [5, 5.41) is 6.28. The largest absolute Gasteiger partial charge is 0.434 e. The Morgan fingerprint density at radius 1 is 1.40 bits per heavy atom. The van der Waals surface area contributed by atoms with Crippen LogP contribution in [0.1, 0.15) is 5.56 Å². The van der Waals surface area contributed by atoms with Crippen molar-refractivity contribution in [2.45, 2.75) is 19.3 Å². The highest BCUT2D eigenvalue weighted by molar-refractivity contribution is 14.0. The summed E-state index contributed by atoms with van der Waals surface area (Å²) in [6, 6.07) is 6.69. The maximum Gasteiger partial charge on any atom is 0.387 e. The highest BCUT2D eigenvalue weighted by Gasteiger charge is 2.17. The zero-order valence-corrected chi connectivity index (χ0v) is 16.7. The lowest BCUT2D eigenvalue weighted by molar-refractivity contribution is -0.0504. The van der Waals surface area contributed by atoms with Crippen molar-refractivity contribution in [2.75, 3.05) is 40.3 Å². The quantitative estimate of drug-likeness (QED) is 0.378. The Balaban J connectivity index is 0.00000312. The lowest BCUT2D eigenvalue weighted by Gasteiger charge is -2.30. The van der Waals surface area contributed by atoms with E-state index < -0.39 is 6.61 Å². The Morgan fingerprint density at radius 3 is 2.84 bits per heavy atom. The molecule has 1 fully saturated rings. The first-order valence-electron chi connectivity index (χ1n) is 7.86. The summed E-state index contributed by atoms with van der Waals surface area (Å²) < 4.78 is 35.1. The van der Waals surface area contributed by atoms with Crippen molar-refractivity contribution in [2.24, 2.45) is 4.99 Å². The van der Waals surface area contributed by atoms with Crippen molar-refractivity contribution in [1.29, 1.82) is 0 Å². The Kier molecular flexibility index (Phi) is 9.98. The Hall–Kier alpha value is -1.20. The molecule has 0 radical (unpaired) electrons. The van der Waals surface area contributed by atoms with Crippen LogP contribution >= 0.6 is 24.0 Å². The molecular weight excluding hydrogens is 445 g/mol. The topological polar surface area (TPSA) is 58.1 Å². The first-order valence-corrected chi connectivity index (χ1v) is 7.86. The third kappa shape index (κ3) is 7.70. The first-order chi connectivity index (χ1) is 11.6. The summed E-state index contributed by atoms with van der Waals surface area (Å²) in [7, 11) is 3.72. The lowest BCUT2D eigenvalue weighted by atomic mass is 10.2. The Bertz CT molecular complexity index is 549. The van der Waals surface area contributed by atoms with Gasteiger partial charge in [-0.15, -0.1) is 24.0 Å². The normalized spacial score (nSPS) is 18.6. The maximum absolute atomic E-state index is 12.4. The van der Waals surface area contributed by atoms with Crippen LogP contribution in [0.25, 0.3) is 0 Å². The van der Waals surface area contributed by atoms with Gasteiger partial charge in [0, 0.05) is 38.8 Å². The highest BCUT2D eigenvalue weighted by atomic mass is 127. The summed E-state index contributed by atoms with van der Waals surface area (Å²) in [6.45, 7) is 0.615. The number of rotatable bonds is 6. The van der Waals surface area contributed by atoms with Crippen molar-refractivity contribution < 1.29 is 18.3 Å². The number of guanidine groups is 1. The molecule has 1 heterocycles. The van der Waals surface area contributed by atoms with Crippen molar-refractivity contribution in [3.8, 4) is 5.75 Å². The van der Waals surface area contributed by atoms with Crippen LogP contribution in [0.2, 0.25) is 0 Å². The summed E-state index contributed by atoms with van der Waals surface area (Å²) in [4.78, 5) is 6.35. The molecule has 1 atom stereocenters. The molecule has 9 heteroatoms. The minimum Gasteiger partial charge on any atom is -0.434 e. The molecule has 1 aliphatic rings. The summed E-state index contributed by atoms with van der Waals surface area (Å²) >= 11 is 0. The van der Waals surface area contributed by atoms with E-state index in [0.717, 1.165) is 13.1 Å². The van der Waals surface area contributed by atoms with Crippen LogP contribution in [0.3, 0.4) is 0 Å². The number of alkyl halides is 2. The van der Waals surface area contributed by atoms with Gasteiger partial charge in [0.15, 0.2) is 5.96 Å². The molecule has 0 spiro atoms. The number of nitrogens with one attached hydrogen (secondary N) is 2. The van der Waals surface area contributed by atoms with Gasteiger partial charge in [-0.3, -0.25) is 4.99 Å². The van der Waals surface area contributed by atoms with E-state index in [4.69, 9.17) is 4.74 Å². The van der Waals surface area contributed by atoms with E-state index in [-0.39, 0.29) is 35.8 Å². The monoisotopic (exact) mass is 470 g/mol.